The van der Waals surface area contributed by atoms with Crippen LogP contribution in [0.2, 0.25) is 0 Å². The number of para-hydroxylation sites is 1. The van der Waals surface area contributed by atoms with Crippen LogP contribution in [-0.2, 0) is 20.6 Å². The number of fused-ring (bicyclic) bond motifs is 1. The van der Waals surface area contributed by atoms with E-state index in [1.165, 1.54) is 17.0 Å². The zero-order valence-electron chi connectivity index (χ0n) is 21.9. The van der Waals surface area contributed by atoms with E-state index in [0.29, 0.717) is 36.1 Å². The van der Waals surface area contributed by atoms with Gasteiger partial charge in [0.2, 0.25) is 18.0 Å². The van der Waals surface area contributed by atoms with Crippen LogP contribution in [0.4, 0.5) is 18.9 Å². The number of rotatable bonds is 9. The standard InChI is InChI=1S/C28H33F3N4O3/c1-5-8-19(24(32)36)21(15-16(2)3)26(37)34-25-27(38)35(4)22-10-7-6-9-20(22)23(33-25)17-11-13-18(14-12-17)28(29,30)31/h6-7,9-14,16,19,21,25H,5,8,15H2,1-4H3,(H2,32,36)(H,34,37)/t19?,21?,25-/m1/s1. The van der Waals surface area contributed by atoms with E-state index in [-0.39, 0.29) is 11.6 Å². The first kappa shape index (κ1) is 28.9. The number of benzodiazepines with no additional fused rings is 1. The van der Waals surface area contributed by atoms with Gasteiger partial charge < -0.3 is 16.0 Å². The van der Waals surface area contributed by atoms with Crippen LogP contribution in [0, 0.1) is 17.8 Å². The summed E-state index contributed by atoms with van der Waals surface area (Å²) in [4.78, 5) is 45.1. The molecule has 2 unspecified atom stereocenters. The van der Waals surface area contributed by atoms with E-state index in [9.17, 15) is 27.6 Å². The average molecular weight is 531 g/mol. The number of carbonyl (C=O) groups is 3. The number of nitrogens with two attached hydrogens (primary N) is 1. The minimum Gasteiger partial charge on any atom is -0.369 e. The average Bonchev–Trinajstić information content (AvgIpc) is 2.96. The third-order valence-corrected chi connectivity index (χ3v) is 6.62. The summed E-state index contributed by atoms with van der Waals surface area (Å²) in [6.07, 6.45) is -4.42. The molecule has 0 radical (unpaired) electrons. The van der Waals surface area contributed by atoms with E-state index >= 15 is 0 Å². The molecule has 3 atom stereocenters. The van der Waals surface area contributed by atoms with E-state index in [1.54, 1.807) is 31.3 Å². The third-order valence-electron chi connectivity index (χ3n) is 6.62. The third kappa shape index (κ3) is 6.41. The lowest BCUT2D eigenvalue weighted by Crippen LogP contribution is -2.50. The van der Waals surface area contributed by atoms with E-state index in [1.807, 2.05) is 20.8 Å². The van der Waals surface area contributed by atoms with Gasteiger partial charge in [-0.2, -0.15) is 13.2 Å². The van der Waals surface area contributed by atoms with Gasteiger partial charge in [-0.3, -0.25) is 14.4 Å². The SMILES string of the molecule is CCCC(C(N)=O)C(CC(C)C)C(=O)N[C@H]1N=C(c2ccc(C(F)(F)F)cc2)c2ccccc2N(C)C1=O. The van der Waals surface area contributed by atoms with Crippen molar-refractivity contribution in [2.75, 3.05) is 11.9 Å². The number of primary amides is 1. The number of hydrogen-bond donors (Lipinski definition) is 2. The predicted octanol–water partition coefficient (Wildman–Crippen LogP) is 4.53. The first-order valence-corrected chi connectivity index (χ1v) is 12.6. The molecule has 7 nitrogen and oxygen atoms in total. The molecule has 3 N–H and O–H groups in total. The Balaban J connectivity index is 2.06. The number of likely N-dealkylation sites (N-methyl/N-ethyl adjacent to an activating group) is 1. The Bertz CT molecular complexity index is 1210. The highest BCUT2D eigenvalue weighted by Gasteiger charge is 2.37. The summed E-state index contributed by atoms with van der Waals surface area (Å²) < 4.78 is 39.5. The van der Waals surface area contributed by atoms with Crippen molar-refractivity contribution >= 4 is 29.1 Å². The maximum atomic E-state index is 13.5. The van der Waals surface area contributed by atoms with Gasteiger partial charge in [-0.1, -0.05) is 57.5 Å². The molecule has 3 rings (SSSR count). The van der Waals surface area contributed by atoms with Gasteiger partial charge in [0.15, 0.2) is 0 Å². The second-order valence-electron chi connectivity index (χ2n) is 9.91. The highest BCUT2D eigenvalue weighted by Crippen LogP contribution is 2.32. The molecule has 0 aliphatic carbocycles. The number of nitrogens with one attached hydrogen (secondary N) is 1. The Morgan fingerprint density at radius 3 is 2.26 bits per heavy atom. The second-order valence-corrected chi connectivity index (χ2v) is 9.91. The first-order valence-electron chi connectivity index (χ1n) is 12.6. The van der Waals surface area contributed by atoms with Gasteiger partial charge in [0, 0.05) is 30.0 Å². The number of amides is 3. The summed E-state index contributed by atoms with van der Waals surface area (Å²) in [5.41, 5.74) is 6.46. The Morgan fingerprint density at radius 1 is 1.08 bits per heavy atom. The maximum absolute atomic E-state index is 13.5. The molecular weight excluding hydrogens is 497 g/mol. The van der Waals surface area contributed by atoms with Gasteiger partial charge in [0.25, 0.3) is 5.91 Å². The first-order chi connectivity index (χ1) is 17.8. The lowest BCUT2D eigenvalue weighted by atomic mass is 9.81. The van der Waals surface area contributed by atoms with Gasteiger partial charge >= 0.3 is 6.18 Å². The molecule has 2 aromatic rings. The Hall–Kier alpha value is -3.69. The van der Waals surface area contributed by atoms with E-state index in [4.69, 9.17) is 5.73 Å². The van der Waals surface area contributed by atoms with E-state index in [0.717, 1.165) is 12.1 Å². The monoisotopic (exact) mass is 530 g/mol. The van der Waals surface area contributed by atoms with Crippen LogP contribution >= 0.6 is 0 Å². The summed E-state index contributed by atoms with van der Waals surface area (Å²) in [5.74, 6) is -3.03. The van der Waals surface area contributed by atoms with Crippen LogP contribution in [-0.4, -0.2) is 36.6 Å². The van der Waals surface area contributed by atoms with Gasteiger partial charge in [-0.05, 0) is 37.0 Å². The Morgan fingerprint density at radius 2 is 1.71 bits per heavy atom. The molecule has 0 bridgehead atoms. The van der Waals surface area contributed by atoms with Gasteiger partial charge in [0.05, 0.1) is 17.0 Å². The van der Waals surface area contributed by atoms with Crippen molar-refractivity contribution in [2.45, 2.75) is 52.4 Å². The van der Waals surface area contributed by atoms with Crippen molar-refractivity contribution < 1.29 is 27.6 Å². The molecule has 1 heterocycles. The van der Waals surface area contributed by atoms with E-state index < -0.39 is 47.5 Å². The Kier molecular flexibility index (Phi) is 8.96. The summed E-state index contributed by atoms with van der Waals surface area (Å²) in [7, 11) is 1.54. The number of halogens is 3. The second kappa shape index (κ2) is 11.8. The van der Waals surface area contributed by atoms with E-state index in [2.05, 4.69) is 10.3 Å². The number of anilines is 1. The molecule has 3 amide bonds. The topological polar surface area (TPSA) is 105 Å². The van der Waals surface area contributed by atoms with Crippen LogP contribution in [0.3, 0.4) is 0 Å². The molecule has 0 aromatic heterocycles. The number of benzene rings is 2. The number of carbonyl (C=O) groups excluding carboxylic acids is 3. The van der Waals surface area contributed by atoms with Crippen LogP contribution in [0.15, 0.2) is 53.5 Å². The maximum Gasteiger partial charge on any atom is 0.416 e. The lowest BCUT2D eigenvalue weighted by Gasteiger charge is -2.27. The van der Waals surface area contributed by atoms with Crippen LogP contribution in [0.25, 0.3) is 0 Å². The molecule has 0 saturated carbocycles. The minimum atomic E-state index is -4.50. The van der Waals surface area contributed by atoms with Crippen molar-refractivity contribution in [1.29, 1.82) is 0 Å². The summed E-state index contributed by atoms with van der Waals surface area (Å²) in [6, 6.07) is 11.4. The molecule has 38 heavy (non-hydrogen) atoms. The fraction of sp³-hybridized carbons (Fsp3) is 0.429. The number of nitrogens with zero attached hydrogens (tertiary/aromatic N) is 2. The summed E-state index contributed by atoms with van der Waals surface area (Å²) in [6.45, 7) is 5.74. The molecule has 204 valence electrons. The predicted molar refractivity (Wildman–Crippen MR) is 139 cm³/mol. The molecule has 0 saturated heterocycles. The fourth-order valence-electron chi connectivity index (χ4n) is 4.72. The van der Waals surface area contributed by atoms with Gasteiger partial charge in [0.1, 0.15) is 0 Å². The highest BCUT2D eigenvalue weighted by atomic mass is 19.4. The normalized spacial score (nSPS) is 17.4. The van der Waals surface area contributed by atoms with Crippen LogP contribution < -0.4 is 16.0 Å². The van der Waals surface area contributed by atoms with Crippen molar-refractivity contribution in [3.8, 4) is 0 Å². The number of alkyl halides is 3. The quantitative estimate of drug-likeness (QED) is 0.498. The highest BCUT2D eigenvalue weighted by molar-refractivity contribution is 6.20. The molecule has 0 spiro atoms. The molecule has 10 heteroatoms. The zero-order chi connectivity index (χ0) is 28.2. The lowest BCUT2D eigenvalue weighted by molar-refractivity contribution is -0.137. The fourth-order valence-corrected chi connectivity index (χ4v) is 4.72. The smallest absolute Gasteiger partial charge is 0.369 e. The van der Waals surface area contributed by atoms with Crippen LogP contribution in [0.5, 0.6) is 0 Å². The van der Waals surface area contributed by atoms with Crippen molar-refractivity contribution in [3.05, 3.63) is 65.2 Å². The van der Waals surface area contributed by atoms with Crippen LogP contribution in [0.1, 0.15) is 56.7 Å². The molecule has 0 fully saturated rings. The van der Waals surface area contributed by atoms with Crippen molar-refractivity contribution in [1.82, 2.24) is 5.32 Å². The molecule has 1 aliphatic heterocycles. The molecule has 2 aromatic carbocycles. The minimum absolute atomic E-state index is 0.0763. The van der Waals surface area contributed by atoms with Crippen molar-refractivity contribution in [2.24, 2.45) is 28.5 Å². The largest absolute Gasteiger partial charge is 0.416 e. The van der Waals surface area contributed by atoms with Gasteiger partial charge in [-0.25, -0.2) is 4.99 Å². The molecular formula is C28H33F3N4O3. The summed E-state index contributed by atoms with van der Waals surface area (Å²) >= 11 is 0. The number of hydrogen-bond acceptors (Lipinski definition) is 4. The van der Waals surface area contributed by atoms with Gasteiger partial charge in [-0.15, -0.1) is 0 Å². The number of aliphatic imine (C=N–C) groups is 1. The Labute approximate surface area is 220 Å². The zero-order valence-corrected chi connectivity index (χ0v) is 21.9. The molecule has 1 aliphatic rings. The van der Waals surface area contributed by atoms with Crippen molar-refractivity contribution in [3.63, 3.8) is 0 Å². The summed E-state index contributed by atoms with van der Waals surface area (Å²) in [5, 5.41) is 2.70.